The van der Waals surface area contributed by atoms with Gasteiger partial charge in [0.25, 0.3) is 0 Å². The Bertz CT molecular complexity index is 412. The fourth-order valence-corrected chi connectivity index (χ4v) is 2.33. The minimum absolute atomic E-state index is 0.276. The fraction of sp³-hybridized carbons (Fsp3) is 0.571. The zero-order chi connectivity index (χ0) is 13.5. The number of rotatable bonds is 7. The normalized spacial score (nSPS) is 13.6. The summed E-state index contributed by atoms with van der Waals surface area (Å²) in [7, 11) is 0. The molecular weight excluding hydrogens is 266 g/mol. The molecule has 0 saturated heterocycles. The highest BCUT2D eigenvalue weighted by Crippen LogP contribution is 2.38. The van der Waals surface area contributed by atoms with Crippen LogP contribution in [-0.2, 0) is 6.54 Å². The Morgan fingerprint density at radius 3 is 2.84 bits per heavy atom. The van der Waals surface area contributed by atoms with Crippen LogP contribution >= 0.6 is 11.6 Å². The predicted molar refractivity (Wildman–Crippen MR) is 75.1 cm³/mol. The van der Waals surface area contributed by atoms with Gasteiger partial charge in [0.2, 0.25) is 0 Å². The first kappa shape index (κ1) is 14.4. The Hall–Kier alpha value is -0.970. The number of fused-ring (bicyclic) bond motifs is 1. The number of hydrogen-bond donors (Lipinski definition) is 2. The molecule has 0 amide bonds. The van der Waals surface area contributed by atoms with E-state index in [0.29, 0.717) is 24.0 Å². The maximum absolute atomic E-state index is 8.68. The van der Waals surface area contributed by atoms with Gasteiger partial charge >= 0.3 is 0 Å². The van der Waals surface area contributed by atoms with Crippen molar-refractivity contribution >= 4 is 11.6 Å². The molecule has 0 aliphatic carbocycles. The van der Waals surface area contributed by atoms with E-state index < -0.39 is 0 Å². The van der Waals surface area contributed by atoms with Crippen molar-refractivity contribution in [2.24, 2.45) is 0 Å². The minimum atomic E-state index is 0.276. The van der Waals surface area contributed by atoms with Gasteiger partial charge in [-0.05, 0) is 43.5 Å². The summed E-state index contributed by atoms with van der Waals surface area (Å²) in [6, 6.07) is 3.89. The van der Waals surface area contributed by atoms with E-state index in [4.69, 9.17) is 26.2 Å². The molecular formula is C14H20ClNO3. The third kappa shape index (κ3) is 4.27. The number of unbranched alkanes of at least 4 members (excludes halogenated alkanes) is 2. The lowest BCUT2D eigenvalue weighted by molar-refractivity contribution is 0.171. The second-order valence-corrected chi connectivity index (χ2v) is 4.97. The summed E-state index contributed by atoms with van der Waals surface area (Å²) < 4.78 is 11.0. The van der Waals surface area contributed by atoms with E-state index in [1.54, 1.807) is 0 Å². The summed E-state index contributed by atoms with van der Waals surface area (Å²) in [5.41, 5.74) is 1.09. The third-order valence-corrected chi connectivity index (χ3v) is 3.28. The molecule has 0 spiro atoms. The molecule has 4 nitrogen and oxygen atoms in total. The van der Waals surface area contributed by atoms with Crippen LogP contribution < -0.4 is 14.8 Å². The van der Waals surface area contributed by atoms with Crippen LogP contribution in [0.2, 0.25) is 5.02 Å². The van der Waals surface area contributed by atoms with E-state index in [2.05, 4.69) is 5.32 Å². The van der Waals surface area contributed by atoms with Crippen molar-refractivity contribution in [1.82, 2.24) is 5.32 Å². The van der Waals surface area contributed by atoms with Gasteiger partial charge in [0.15, 0.2) is 11.5 Å². The number of halogens is 1. The van der Waals surface area contributed by atoms with Gasteiger partial charge in [0.05, 0.1) is 5.02 Å². The van der Waals surface area contributed by atoms with Gasteiger partial charge in [-0.15, -0.1) is 0 Å². The van der Waals surface area contributed by atoms with Gasteiger partial charge in [0.1, 0.15) is 13.2 Å². The number of benzene rings is 1. The van der Waals surface area contributed by atoms with Crippen molar-refractivity contribution < 1.29 is 14.6 Å². The molecule has 2 rings (SSSR count). The molecule has 0 atom stereocenters. The van der Waals surface area contributed by atoms with Crippen molar-refractivity contribution in [3.8, 4) is 11.5 Å². The zero-order valence-corrected chi connectivity index (χ0v) is 11.7. The monoisotopic (exact) mass is 285 g/mol. The number of hydrogen-bond acceptors (Lipinski definition) is 4. The minimum Gasteiger partial charge on any atom is -0.486 e. The quantitative estimate of drug-likeness (QED) is 0.755. The average Bonchev–Trinajstić information content (AvgIpc) is 2.43. The van der Waals surface area contributed by atoms with Gasteiger partial charge in [-0.2, -0.15) is 0 Å². The molecule has 0 fully saturated rings. The standard InChI is InChI=1S/C14H20ClNO3/c15-12-8-11(10-16-4-2-1-3-5-17)9-13-14(12)19-7-6-18-13/h8-9,16-17H,1-7,10H2. The first-order valence-corrected chi connectivity index (χ1v) is 7.08. The Labute approximate surface area is 118 Å². The maximum Gasteiger partial charge on any atom is 0.179 e. The molecule has 0 bridgehead atoms. The van der Waals surface area contributed by atoms with E-state index in [1.807, 2.05) is 12.1 Å². The second-order valence-electron chi connectivity index (χ2n) is 4.56. The summed E-state index contributed by atoms with van der Waals surface area (Å²) in [6.45, 7) is 3.09. The summed E-state index contributed by atoms with van der Waals surface area (Å²) in [5, 5.41) is 12.6. The molecule has 1 aliphatic heterocycles. The molecule has 1 aromatic carbocycles. The van der Waals surface area contributed by atoms with Crippen LogP contribution in [0.15, 0.2) is 12.1 Å². The maximum atomic E-state index is 8.68. The molecule has 0 saturated carbocycles. The predicted octanol–water partition coefficient (Wildman–Crippen LogP) is 2.36. The van der Waals surface area contributed by atoms with E-state index in [-0.39, 0.29) is 6.61 Å². The van der Waals surface area contributed by atoms with Crippen molar-refractivity contribution in [2.75, 3.05) is 26.4 Å². The molecule has 19 heavy (non-hydrogen) atoms. The van der Waals surface area contributed by atoms with Crippen molar-refractivity contribution in [3.05, 3.63) is 22.7 Å². The number of nitrogens with one attached hydrogen (secondary N) is 1. The molecule has 2 N–H and O–H groups in total. The Kier molecular flexibility index (Phi) is 5.76. The molecule has 0 radical (unpaired) electrons. The van der Waals surface area contributed by atoms with Crippen LogP contribution in [0, 0.1) is 0 Å². The molecule has 0 unspecified atom stereocenters. The Balaban J connectivity index is 1.82. The number of aliphatic hydroxyl groups excluding tert-OH is 1. The van der Waals surface area contributed by atoms with Crippen LogP contribution in [0.5, 0.6) is 11.5 Å². The zero-order valence-electron chi connectivity index (χ0n) is 11.0. The molecule has 1 heterocycles. The summed E-state index contributed by atoms with van der Waals surface area (Å²) in [4.78, 5) is 0. The van der Waals surface area contributed by atoms with Crippen LogP contribution in [0.3, 0.4) is 0 Å². The molecule has 1 aromatic rings. The van der Waals surface area contributed by atoms with Crippen molar-refractivity contribution in [1.29, 1.82) is 0 Å². The average molecular weight is 286 g/mol. The molecule has 5 heteroatoms. The van der Waals surface area contributed by atoms with Crippen LogP contribution in [0.4, 0.5) is 0 Å². The lowest BCUT2D eigenvalue weighted by atomic mass is 10.2. The summed E-state index contributed by atoms with van der Waals surface area (Å²) in [5.74, 6) is 1.38. The summed E-state index contributed by atoms with van der Waals surface area (Å²) >= 11 is 6.17. The fourth-order valence-electron chi connectivity index (χ4n) is 2.04. The van der Waals surface area contributed by atoms with Gasteiger partial charge in [-0.1, -0.05) is 11.6 Å². The van der Waals surface area contributed by atoms with E-state index in [9.17, 15) is 0 Å². The SMILES string of the molecule is OCCCCCNCc1cc(Cl)c2c(c1)OCCO2. The second kappa shape index (κ2) is 7.58. The van der Waals surface area contributed by atoms with Crippen LogP contribution in [0.25, 0.3) is 0 Å². The Morgan fingerprint density at radius 1 is 1.16 bits per heavy atom. The largest absolute Gasteiger partial charge is 0.486 e. The van der Waals surface area contributed by atoms with Gasteiger partial charge in [-0.25, -0.2) is 0 Å². The lowest BCUT2D eigenvalue weighted by Crippen LogP contribution is -2.18. The van der Waals surface area contributed by atoms with Crippen molar-refractivity contribution in [3.63, 3.8) is 0 Å². The smallest absolute Gasteiger partial charge is 0.179 e. The van der Waals surface area contributed by atoms with Gasteiger partial charge in [0, 0.05) is 13.2 Å². The van der Waals surface area contributed by atoms with Crippen LogP contribution in [-0.4, -0.2) is 31.5 Å². The molecule has 106 valence electrons. The van der Waals surface area contributed by atoms with E-state index in [0.717, 1.165) is 43.7 Å². The first-order chi connectivity index (χ1) is 9.31. The lowest BCUT2D eigenvalue weighted by Gasteiger charge is -2.20. The van der Waals surface area contributed by atoms with Crippen molar-refractivity contribution in [2.45, 2.75) is 25.8 Å². The van der Waals surface area contributed by atoms with Crippen LogP contribution in [0.1, 0.15) is 24.8 Å². The topological polar surface area (TPSA) is 50.7 Å². The highest BCUT2D eigenvalue weighted by molar-refractivity contribution is 6.32. The Morgan fingerprint density at radius 2 is 2.00 bits per heavy atom. The summed E-state index contributed by atoms with van der Waals surface area (Å²) in [6.07, 6.45) is 2.99. The van der Waals surface area contributed by atoms with Gasteiger partial charge < -0.3 is 19.9 Å². The number of ether oxygens (including phenoxy) is 2. The van der Waals surface area contributed by atoms with Gasteiger partial charge in [-0.3, -0.25) is 0 Å². The molecule has 0 aromatic heterocycles. The molecule has 1 aliphatic rings. The number of aliphatic hydroxyl groups is 1. The van der Waals surface area contributed by atoms with E-state index in [1.165, 1.54) is 0 Å². The third-order valence-electron chi connectivity index (χ3n) is 3.00. The first-order valence-electron chi connectivity index (χ1n) is 6.71. The van der Waals surface area contributed by atoms with E-state index >= 15 is 0 Å². The highest BCUT2D eigenvalue weighted by atomic mass is 35.5. The highest BCUT2D eigenvalue weighted by Gasteiger charge is 2.16.